The van der Waals surface area contributed by atoms with Crippen molar-refractivity contribution in [3.63, 3.8) is 0 Å². The Labute approximate surface area is 204 Å². The Morgan fingerprint density at radius 2 is 1.44 bits per heavy atom. The Hall–Kier alpha value is -4.25. The van der Waals surface area contributed by atoms with Crippen LogP contribution >= 0.6 is 0 Å². The average molecular weight is 536 g/mol. The summed E-state index contributed by atoms with van der Waals surface area (Å²) in [5, 5.41) is 35.3. The predicted molar refractivity (Wildman–Crippen MR) is 124 cm³/mol. The first kappa shape index (κ1) is 26.4. The zero-order chi connectivity index (χ0) is 26.7. The number of aromatic carboxylic acids is 1. The fraction of sp³-hybridized carbons (Fsp3) is 0.0500. The highest BCUT2D eigenvalue weighted by atomic mass is 32.2. The molecule has 1 unspecified atom stereocenters. The third-order valence-electron chi connectivity index (χ3n) is 4.53. The highest BCUT2D eigenvalue weighted by Crippen LogP contribution is 2.37. The molecule has 0 bridgehead atoms. The number of nitrogens with zero attached hydrogens (tertiary/aromatic N) is 4. The van der Waals surface area contributed by atoms with Crippen LogP contribution in [0.3, 0.4) is 0 Å². The minimum Gasteiger partial charge on any atom is -0.505 e. The van der Waals surface area contributed by atoms with E-state index in [1.54, 1.807) is 30.3 Å². The zero-order valence-corrected chi connectivity index (χ0v) is 19.5. The molecule has 0 aliphatic heterocycles. The molecule has 0 aliphatic rings. The van der Waals surface area contributed by atoms with Crippen molar-refractivity contribution in [2.24, 2.45) is 20.5 Å². The summed E-state index contributed by atoms with van der Waals surface area (Å²) in [6, 6.07) is 12.2. The van der Waals surface area contributed by atoms with Crippen molar-refractivity contribution in [3.8, 4) is 5.75 Å². The number of phenols is 1. The van der Waals surface area contributed by atoms with E-state index in [-0.39, 0.29) is 11.3 Å². The number of aromatic hydroxyl groups is 1. The molecule has 3 aromatic carbocycles. The SMILES string of the molecule is Nc1cc(S(=O)(=O)O)cc(C(N=Nc2ccccc2)N=Nc2ccc(S(=O)(=O)O)cc2C(=O)O)c1O. The number of nitrogens with two attached hydrogens (primary N) is 1. The number of rotatable bonds is 8. The van der Waals surface area contributed by atoms with Crippen LogP contribution in [0.5, 0.6) is 5.75 Å². The van der Waals surface area contributed by atoms with Crippen molar-refractivity contribution < 1.29 is 40.9 Å². The summed E-state index contributed by atoms with van der Waals surface area (Å²) >= 11 is 0. The molecule has 0 amide bonds. The molecule has 6 N–H and O–H groups in total. The van der Waals surface area contributed by atoms with E-state index in [2.05, 4.69) is 20.5 Å². The summed E-state index contributed by atoms with van der Waals surface area (Å²) < 4.78 is 64.5. The molecule has 0 aliphatic carbocycles. The maximum Gasteiger partial charge on any atom is 0.338 e. The van der Waals surface area contributed by atoms with E-state index in [0.717, 1.165) is 24.3 Å². The Balaban J connectivity index is 2.17. The van der Waals surface area contributed by atoms with Crippen molar-refractivity contribution >= 4 is 43.3 Å². The van der Waals surface area contributed by atoms with Crippen LogP contribution < -0.4 is 5.73 Å². The molecule has 3 rings (SSSR count). The first-order chi connectivity index (χ1) is 16.8. The summed E-state index contributed by atoms with van der Waals surface area (Å²) in [4.78, 5) is 10.2. The van der Waals surface area contributed by atoms with Crippen LogP contribution in [0, 0.1) is 0 Å². The lowest BCUT2D eigenvalue weighted by molar-refractivity contribution is 0.0697. The Bertz CT molecular complexity index is 1590. The molecule has 1 atom stereocenters. The van der Waals surface area contributed by atoms with E-state index in [4.69, 9.17) is 10.3 Å². The van der Waals surface area contributed by atoms with Gasteiger partial charge in [0, 0.05) is 5.56 Å². The number of nitrogen functional groups attached to an aromatic ring is 1. The largest absolute Gasteiger partial charge is 0.505 e. The molecule has 3 aromatic rings. The van der Waals surface area contributed by atoms with E-state index in [1.165, 1.54) is 0 Å². The fourth-order valence-corrected chi connectivity index (χ4v) is 3.87. The molecule has 0 aromatic heterocycles. The van der Waals surface area contributed by atoms with Crippen LogP contribution in [0.2, 0.25) is 0 Å². The average Bonchev–Trinajstić information content (AvgIpc) is 2.80. The summed E-state index contributed by atoms with van der Waals surface area (Å²) in [5.41, 5.74) is 4.18. The van der Waals surface area contributed by atoms with Crippen molar-refractivity contribution in [2.75, 3.05) is 5.73 Å². The van der Waals surface area contributed by atoms with E-state index < -0.39 is 59.2 Å². The second kappa shape index (κ2) is 10.2. The number of carboxylic acids is 1. The number of hydrogen-bond acceptors (Lipinski definition) is 11. The normalized spacial score (nSPS) is 13.3. The Kier molecular flexibility index (Phi) is 7.44. The number of phenolic OH excluding ortho intramolecular Hbond substituents is 1. The third kappa shape index (κ3) is 6.25. The van der Waals surface area contributed by atoms with Crippen molar-refractivity contribution in [1.82, 2.24) is 0 Å². The van der Waals surface area contributed by atoms with E-state index >= 15 is 0 Å². The number of hydrogen-bond donors (Lipinski definition) is 5. The molecular weight excluding hydrogens is 518 g/mol. The topological polar surface area (TPSA) is 242 Å². The fourth-order valence-electron chi connectivity index (χ4n) is 2.81. The standard InChI is InChI=1S/C20H17N5O9S2/c21-16-10-13(36(32,33)34)9-15(18(16)26)19(24-22-11-4-2-1-3-5-11)25-23-17-7-6-12(35(29,30)31)8-14(17)20(27)28/h1-10,19,26H,21H2,(H,27,28)(H,29,30,31)(H,32,33,34). The molecule has 16 heteroatoms. The second-order valence-corrected chi connectivity index (χ2v) is 9.87. The van der Waals surface area contributed by atoms with Crippen LogP contribution in [0.15, 0.2) is 90.9 Å². The summed E-state index contributed by atoms with van der Waals surface area (Å²) in [7, 11) is -9.48. The molecule has 14 nitrogen and oxygen atoms in total. The smallest absolute Gasteiger partial charge is 0.338 e. The van der Waals surface area contributed by atoms with E-state index in [9.17, 15) is 36.4 Å². The van der Waals surface area contributed by atoms with Crippen LogP contribution in [0.4, 0.5) is 17.1 Å². The van der Waals surface area contributed by atoms with Gasteiger partial charge in [0.2, 0.25) is 6.17 Å². The lowest BCUT2D eigenvalue weighted by atomic mass is 10.1. The van der Waals surface area contributed by atoms with E-state index in [0.29, 0.717) is 11.8 Å². The van der Waals surface area contributed by atoms with Crippen LogP contribution in [0.1, 0.15) is 22.1 Å². The molecule has 0 heterocycles. The summed E-state index contributed by atoms with van der Waals surface area (Å²) in [6.45, 7) is 0. The summed E-state index contributed by atoms with van der Waals surface area (Å²) in [5.74, 6) is -2.25. The van der Waals surface area contributed by atoms with Crippen LogP contribution in [-0.4, -0.2) is 42.1 Å². The van der Waals surface area contributed by atoms with Gasteiger partial charge in [0.1, 0.15) is 5.75 Å². The number of anilines is 1. The third-order valence-corrected chi connectivity index (χ3v) is 6.21. The van der Waals surface area contributed by atoms with Gasteiger partial charge >= 0.3 is 5.97 Å². The molecule has 36 heavy (non-hydrogen) atoms. The van der Waals surface area contributed by atoms with Gasteiger partial charge in [0.05, 0.1) is 32.4 Å². The molecule has 0 radical (unpaired) electrons. The van der Waals surface area contributed by atoms with Gasteiger partial charge in [0.25, 0.3) is 20.2 Å². The van der Waals surface area contributed by atoms with Gasteiger partial charge < -0.3 is 15.9 Å². The van der Waals surface area contributed by atoms with Gasteiger partial charge in [0.15, 0.2) is 0 Å². The van der Waals surface area contributed by atoms with Crippen molar-refractivity contribution in [2.45, 2.75) is 16.0 Å². The van der Waals surface area contributed by atoms with Gasteiger partial charge in [-0.05, 0) is 42.5 Å². The molecule has 0 saturated carbocycles. The molecule has 0 spiro atoms. The Morgan fingerprint density at radius 1 is 0.833 bits per heavy atom. The molecular formula is C20H17N5O9S2. The van der Waals surface area contributed by atoms with Gasteiger partial charge in [-0.1, -0.05) is 18.2 Å². The van der Waals surface area contributed by atoms with Crippen molar-refractivity contribution in [1.29, 1.82) is 0 Å². The van der Waals surface area contributed by atoms with Crippen LogP contribution in [0.25, 0.3) is 0 Å². The monoisotopic (exact) mass is 535 g/mol. The first-order valence-corrected chi connectivity index (χ1v) is 12.5. The molecule has 0 saturated heterocycles. The van der Waals surface area contributed by atoms with Gasteiger partial charge in [-0.25, -0.2) is 4.79 Å². The highest BCUT2D eigenvalue weighted by molar-refractivity contribution is 7.86. The van der Waals surface area contributed by atoms with Gasteiger partial charge in [-0.2, -0.15) is 37.3 Å². The Morgan fingerprint density at radius 3 is 2.03 bits per heavy atom. The minimum absolute atomic E-state index is 0.333. The number of carbonyl (C=O) groups is 1. The van der Waals surface area contributed by atoms with Crippen molar-refractivity contribution in [3.05, 3.63) is 71.8 Å². The number of benzene rings is 3. The van der Waals surface area contributed by atoms with Gasteiger partial charge in [-0.15, -0.1) is 0 Å². The van der Waals surface area contributed by atoms with E-state index in [1.807, 2.05) is 0 Å². The predicted octanol–water partition coefficient (Wildman–Crippen LogP) is 3.73. The summed E-state index contributed by atoms with van der Waals surface area (Å²) in [6.07, 6.45) is -1.60. The highest BCUT2D eigenvalue weighted by Gasteiger charge is 2.23. The number of carboxylic acid groups (broad SMARTS) is 1. The quantitative estimate of drug-likeness (QED) is 0.121. The maximum atomic E-state index is 11.6. The lowest BCUT2D eigenvalue weighted by Gasteiger charge is -2.12. The van der Waals surface area contributed by atoms with Gasteiger partial charge in [-0.3, -0.25) is 9.11 Å². The molecule has 0 fully saturated rings. The number of azo groups is 2. The first-order valence-electron chi connectivity index (χ1n) is 9.59. The lowest BCUT2D eigenvalue weighted by Crippen LogP contribution is -2.04. The second-order valence-electron chi connectivity index (χ2n) is 7.02. The molecule has 188 valence electrons. The van der Waals surface area contributed by atoms with Crippen LogP contribution in [-0.2, 0) is 20.2 Å². The minimum atomic E-state index is -4.76. The zero-order valence-electron chi connectivity index (χ0n) is 17.9. The maximum absolute atomic E-state index is 11.6.